The predicted octanol–water partition coefficient (Wildman–Crippen LogP) is 2.71. The molecule has 17 heavy (non-hydrogen) atoms. The van der Waals surface area contributed by atoms with Crippen LogP contribution in [0.15, 0.2) is 12.1 Å². The van der Waals surface area contributed by atoms with Gasteiger partial charge in [0, 0.05) is 11.5 Å². The number of hydrogen-bond donors (Lipinski definition) is 1. The van der Waals surface area contributed by atoms with Crippen molar-refractivity contribution < 1.29 is 9.31 Å². The van der Waals surface area contributed by atoms with Crippen LogP contribution in [-0.4, -0.2) is 4.92 Å². The molecule has 0 aromatic heterocycles. The first-order valence-electron chi connectivity index (χ1n) is 4.97. The number of anilines is 1. The molecule has 0 saturated carbocycles. The minimum atomic E-state index is -0.822. The fourth-order valence-electron chi connectivity index (χ4n) is 1.07. The molecular weight excluding hydrogens is 223 g/mol. The van der Waals surface area contributed by atoms with E-state index in [-0.39, 0.29) is 22.4 Å². The standard InChI is InChI=1S/C12H13FN2O2/c1-12(2,3)5-4-8-6-9(15(16)17)7-10(13)11(8)14/h6-7H,14H2,1-3H3. The van der Waals surface area contributed by atoms with E-state index in [1.165, 1.54) is 6.07 Å². The van der Waals surface area contributed by atoms with Crippen LogP contribution in [0.4, 0.5) is 15.8 Å². The van der Waals surface area contributed by atoms with E-state index in [9.17, 15) is 14.5 Å². The topological polar surface area (TPSA) is 69.2 Å². The van der Waals surface area contributed by atoms with Gasteiger partial charge in [0.15, 0.2) is 5.82 Å². The van der Waals surface area contributed by atoms with Crippen molar-refractivity contribution in [3.05, 3.63) is 33.6 Å². The van der Waals surface area contributed by atoms with Crippen LogP contribution in [-0.2, 0) is 0 Å². The van der Waals surface area contributed by atoms with Gasteiger partial charge in [-0.25, -0.2) is 4.39 Å². The minimum Gasteiger partial charge on any atom is -0.395 e. The fourth-order valence-corrected chi connectivity index (χ4v) is 1.07. The highest BCUT2D eigenvalue weighted by molar-refractivity contribution is 5.61. The van der Waals surface area contributed by atoms with E-state index in [0.29, 0.717) is 0 Å². The number of nitrogens with two attached hydrogens (primary N) is 1. The molecule has 0 spiro atoms. The first-order valence-corrected chi connectivity index (χ1v) is 4.97. The van der Waals surface area contributed by atoms with Crippen LogP contribution in [0, 0.1) is 33.2 Å². The van der Waals surface area contributed by atoms with Crippen molar-refractivity contribution in [3.63, 3.8) is 0 Å². The maximum atomic E-state index is 13.3. The minimum absolute atomic E-state index is 0.145. The Morgan fingerprint density at radius 2 is 2.00 bits per heavy atom. The molecule has 0 amide bonds. The lowest BCUT2D eigenvalue weighted by Crippen LogP contribution is -2.01. The smallest absolute Gasteiger partial charge is 0.273 e. The Bertz CT molecular complexity index is 522. The van der Waals surface area contributed by atoms with E-state index in [4.69, 9.17) is 5.73 Å². The van der Waals surface area contributed by atoms with Gasteiger partial charge in [0.2, 0.25) is 0 Å². The van der Waals surface area contributed by atoms with Crippen LogP contribution >= 0.6 is 0 Å². The molecule has 0 fully saturated rings. The number of nitrogens with zero attached hydrogens (tertiary/aromatic N) is 1. The van der Waals surface area contributed by atoms with Crippen molar-refractivity contribution in [1.29, 1.82) is 0 Å². The number of halogens is 1. The summed E-state index contributed by atoms with van der Waals surface area (Å²) in [6, 6.07) is 1.97. The summed E-state index contributed by atoms with van der Waals surface area (Å²) in [5.74, 6) is 4.70. The number of rotatable bonds is 1. The maximum absolute atomic E-state index is 13.3. The van der Waals surface area contributed by atoms with Crippen LogP contribution in [0.25, 0.3) is 0 Å². The highest BCUT2D eigenvalue weighted by Gasteiger charge is 2.14. The van der Waals surface area contributed by atoms with E-state index >= 15 is 0 Å². The molecule has 0 aliphatic heterocycles. The van der Waals surface area contributed by atoms with Gasteiger partial charge in [0.05, 0.1) is 22.2 Å². The summed E-state index contributed by atoms with van der Waals surface area (Å²) < 4.78 is 13.3. The van der Waals surface area contributed by atoms with Crippen LogP contribution in [0.2, 0.25) is 0 Å². The zero-order chi connectivity index (χ0) is 13.2. The van der Waals surface area contributed by atoms with Gasteiger partial charge in [0.25, 0.3) is 5.69 Å². The molecular formula is C12H13FN2O2. The third kappa shape index (κ3) is 3.45. The molecule has 90 valence electrons. The molecule has 0 heterocycles. The molecule has 0 bridgehead atoms. The second-order valence-electron chi connectivity index (χ2n) is 4.65. The molecule has 1 aromatic carbocycles. The second kappa shape index (κ2) is 4.42. The Labute approximate surface area is 98.8 Å². The Balaban J connectivity index is 3.32. The van der Waals surface area contributed by atoms with Crippen molar-refractivity contribution in [3.8, 4) is 11.8 Å². The van der Waals surface area contributed by atoms with Crippen molar-refractivity contribution in [2.45, 2.75) is 20.8 Å². The monoisotopic (exact) mass is 236 g/mol. The SMILES string of the molecule is CC(C)(C)C#Cc1cc([N+](=O)[O-])cc(F)c1N. The summed E-state index contributed by atoms with van der Waals surface area (Å²) in [5.41, 5.74) is 4.83. The van der Waals surface area contributed by atoms with E-state index in [1.807, 2.05) is 20.8 Å². The third-order valence-corrected chi connectivity index (χ3v) is 1.90. The van der Waals surface area contributed by atoms with Gasteiger partial charge >= 0.3 is 0 Å². The average molecular weight is 236 g/mol. The Hall–Kier alpha value is -2.09. The first kappa shape index (κ1) is 13.0. The zero-order valence-corrected chi connectivity index (χ0v) is 9.87. The average Bonchev–Trinajstić information content (AvgIpc) is 2.18. The summed E-state index contributed by atoms with van der Waals surface area (Å²) in [7, 11) is 0. The summed E-state index contributed by atoms with van der Waals surface area (Å²) >= 11 is 0. The lowest BCUT2D eigenvalue weighted by molar-refractivity contribution is -0.385. The molecule has 2 N–H and O–H groups in total. The number of hydrogen-bond acceptors (Lipinski definition) is 3. The summed E-state index contributed by atoms with van der Waals surface area (Å²) in [5, 5.41) is 10.6. The quantitative estimate of drug-likeness (QED) is 0.353. The van der Waals surface area contributed by atoms with Crippen molar-refractivity contribution in [2.24, 2.45) is 5.41 Å². The van der Waals surface area contributed by atoms with Crippen LogP contribution in [0.1, 0.15) is 26.3 Å². The molecule has 0 aliphatic rings. The highest BCUT2D eigenvalue weighted by Crippen LogP contribution is 2.23. The van der Waals surface area contributed by atoms with Gasteiger partial charge in [0.1, 0.15) is 0 Å². The molecule has 0 saturated heterocycles. The lowest BCUT2D eigenvalue weighted by atomic mass is 9.97. The van der Waals surface area contributed by atoms with Gasteiger partial charge in [-0.2, -0.15) is 0 Å². The van der Waals surface area contributed by atoms with Gasteiger partial charge in [-0.05, 0) is 20.8 Å². The van der Waals surface area contributed by atoms with Crippen molar-refractivity contribution >= 4 is 11.4 Å². The summed E-state index contributed by atoms with van der Waals surface area (Å²) in [4.78, 5) is 9.89. The zero-order valence-electron chi connectivity index (χ0n) is 9.87. The third-order valence-electron chi connectivity index (χ3n) is 1.90. The predicted molar refractivity (Wildman–Crippen MR) is 63.8 cm³/mol. The van der Waals surface area contributed by atoms with Gasteiger partial charge in [-0.1, -0.05) is 11.8 Å². The number of benzene rings is 1. The van der Waals surface area contributed by atoms with Crippen LogP contribution < -0.4 is 5.73 Å². The Morgan fingerprint density at radius 1 is 1.41 bits per heavy atom. The molecule has 0 unspecified atom stereocenters. The molecule has 0 atom stereocenters. The molecule has 5 heteroatoms. The van der Waals surface area contributed by atoms with E-state index < -0.39 is 10.7 Å². The number of nitro groups is 1. The Morgan fingerprint density at radius 3 is 2.47 bits per heavy atom. The van der Waals surface area contributed by atoms with E-state index in [2.05, 4.69) is 11.8 Å². The molecule has 1 aromatic rings. The fraction of sp³-hybridized carbons (Fsp3) is 0.333. The van der Waals surface area contributed by atoms with Gasteiger partial charge in [-0.15, -0.1) is 0 Å². The van der Waals surface area contributed by atoms with E-state index in [1.54, 1.807) is 0 Å². The number of nitro benzene ring substituents is 1. The second-order valence-corrected chi connectivity index (χ2v) is 4.65. The highest BCUT2D eigenvalue weighted by atomic mass is 19.1. The van der Waals surface area contributed by atoms with Gasteiger partial charge in [-0.3, -0.25) is 10.1 Å². The first-order chi connectivity index (χ1) is 7.70. The Kier molecular flexibility index (Phi) is 3.37. The summed E-state index contributed by atoms with van der Waals surface area (Å²) in [6.07, 6.45) is 0. The number of non-ortho nitro benzene ring substituents is 1. The molecule has 0 radical (unpaired) electrons. The molecule has 4 nitrogen and oxygen atoms in total. The molecule has 0 aliphatic carbocycles. The van der Waals surface area contributed by atoms with E-state index in [0.717, 1.165) is 6.07 Å². The van der Waals surface area contributed by atoms with Crippen LogP contribution in [0.5, 0.6) is 0 Å². The largest absolute Gasteiger partial charge is 0.395 e. The normalized spacial score (nSPS) is 10.6. The van der Waals surface area contributed by atoms with Crippen molar-refractivity contribution in [1.82, 2.24) is 0 Å². The number of nitrogen functional groups attached to an aromatic ring is 1. The van der Waals surface area contributed by atoms with Gasteiger partial charge < -0.3 is 5.73 Å². The summed E-state index contributed by atoms with van der Waals surface area (Å²) in [6.45, 7) is 5.64. The molecule has 1 rings (SSSR count). The van der Waals surface area contributed by atoms with Crippen LogP contribution in [0.3, 0.4) is 0 Å². The maximum Gasteiger partial charge on any atom is 0.273 e. The lowest BCUT2D eigenvalue weighted by Gasteiger charge is -2.07. The van der Waals surface area contributed by atoms with Crippen molar-refractivity contribution in [2.75, 3.05) is 5.73 Å².